The first-order valence-electron chi connectivity index (χ1n) is 7.06. The lowest BCUT2D eigenvalue weighted by molar-refractivity contribution is -0.274. The molecule has 0 amide bonds. The van der Waals surface area contributed by atoms with E-state index in [2.05, 4.69) is 17.0 Å². The van der Waals surface area contributed by atoms with Crippen LogP contribution in [0.15, 0.2) is 24.3 Å². The highest BCUT2D eigenvalue weighted by molar-refractivity contribution is 5.34. The van der Waals surface area contributed by atoms with Crippen LogP contribution in [-0.2, 0) is 5.54 Å². The minimum atomic E-state index is -4.64. The zero-order valence-corrected chi connectivity index (χ0v) is 11.6. The van der Waals surface area contributed by atoms with Crippen molar-refractivity contribution in [2.75, 3.05) is 6.54 Å². The van der Waals surface area contributed by atoms with Gasteiger partial charge in [-0.25, -0.2) is 0 Å². The van der Waals surface area contributed by atoms with Crippen LogP contribution >= 0.6 is 0 Å². The van der Waals surface area contributed by atoms with Gasteiger partial charge in [-0.3, -0.25) is 0 Å². The number of hydrogen-bond donors (Lipinski definition) is 1. The Morgan fingerprint density at radius 1 is 1.25 bits per heavy atom. The van der Waals surface area contributed by atoms with E-state index in [9.17, 15) is 13.2 Å². The number of alkyl halides is 3. The molecule has 0 spiro atoms. The average molecular weight is 287 g/mol. The maximum atomic E-state index is 12.3. The predicted octanol–water partition coefficient (Wildman–Crippen LogP) is 4.35. The van der Waals surface area contributed by atoms with Gasteiger partial charge in [-0.1, -0.05) is 31.9 Å². The fourth-order valence-electron chi connectivity index (χ4n) is 2.89. The van der Waals surface area contributed by atoms with Crippen LogP contribution < -0.4 is 10.1 Å². The van der Waals surface area contributed by atoms with Crippen molar-refractivity contribution in [3.63, 3.8) is 0 Å². The normalized spacial score (nSPS) is 24.2. The van der Waals surface area contributed by atoms with E-state index < -0.39 is 6.36 Å². The van der Waals surface area contributed by atoms with Crippen molar-refractivity contribution in [3.8, 4) is 5.75 Å². The molecule has 1 heterocycles. The van der Waals surface area contributed by atoms with Gasteiger partial charge in [0.1, 0.15) is 5.75 Å². The molecule has 2 rings (SSSR count). The summed E-state index contributed by atoms with van der Waals surface area (Å²) in [6.45, 7) is 2.97. The van der Waals surface area contributed by atoms with Gasteiger partial charge in [0.05, 0.1) is 0 Å². The third kappa shape index (κ3) is 3.66. The quantitative estimate of drug-likeness (QED) is 0.892. The maximum Gasteiger partial charge on any atom is 0.573 e. The molecule has 2 nitrogen and oxygen atoms in total. The van der Waals surface area contributed by atoms with Crippen molar-refractivity contribution in [2.24, 2.45) is 0 Å². The molecular formula is C15H20F3NO. The molecule has 1 aliphatic heterocycles. The van der Waals surface area contributed by atoms with Gasteiger partial charge in [-0.05, 0) is 43.5 Å². The Labute approximate surface area is 117 Å². The van der Waals surface area contributed by atoms with Gasteiger partial charge in [-0.15, -0.1) is 13.2 Å². The molecule has 1 unspecified atom stereocenters. The molecule has 1 aromatic carbocycles. The molecule has 0 aliphatic carbocycles. The van der Waals surface area contributed by atoms with E-state index in [0.717, 1.165) is 44.2 Å². The molecule has 1 aliphatic rings. The number of rotatable bonds is 3. The van der Waals surface area contributed by atoms with Crippen molar-refractivity contribution < 1.29 is 17.9 Å². The van der Waals surface area contributed by atoms with Gasteiger partial charge in [0, 0.05) is 5.54 Å². The molecule has 0 aromatic heterocycles. The van der Waals surface area contributed by atoms with E-state index >= 15 is 0 Å². The summed E-state index contributed by atoms with van der Waals surface area (Å²) >= 11 is 0. The topological polar surface area (TPSA) is 21.3 Å². The summed E-state index contributed by atoms with van der Waals surface area (Å²) in [7, 11) is 0. The summed E-state index contributed by atoms with van der Waals surface area (Å²) in [5.74, 6) is -0.145. The fourth-order valence-corrected chi connectivity index (χ4v) is 2.89. The van der Waals surface area contributed by atoms with E-state index in [1.165, 1.54) is 12.1 Å². The maximum absolute atomic E-state index is 12.3. The average Bonchev–Trinajstić information content (AvgIpc) is 2.63. The Hall–Kier alpha value is -1.23. The number of halogens is 3. The Morgan fingerprint density at radius 3 is 2.75 bits per heavy atom. The third-order valence-electron chi connectivity index (χ3n) is 3.97. The number of hydrogen-bond acceptors (Lipinski definition) is 2. The van der Waals surface area contributed by atoms with Crippen molar-refractivity contribution in [2.45, 2.75) is 50.9 Å². The Balaban J connectivity index is 2.27. The molecule has 0 saturated carbocycles. The lowest BCUT2D eigenvalue weighted by Crippen LogP contribution is -2.41. The molecule has 20 heavy (non-hydrogen) atoms. The van der Waals surface area contributed by atoms with Gasteiger partial charge in [0.2, 0.25) is 0 Å². The monoisotopic (exact) mass is 287 g/mol. The highest BCUT2D eigenvalue weighted by Gasteiger charge is 2.33. The van der Waals surface area contributed by atoms with Gasteiger partial charge in [0.15, 0.2) is 0 Å². The molecular weight excluding hydrogens is 267 g/mol. The van der Waals surface area contributed by atoms with Crippen LogP contribution in [0.2, 0.25) is 0 Å². The first-order chi connectivity index (χ1) is 9.45. The Bertz CT molecular complexity index is 437. The van der Waals surface area contributed by atoms with Crippen molar-refractivity contribution in [1.29, 1.82) is 0 Å². The van der Waals surface area contributed by atoms with E-state index in [-0.39, 0.29) is 11.3 Å². The second-order valence-electron chi connectivity index (χ2n) is 5.25. The van der Waals surface area contributed by atoms with Crippen molar-refractivity contribution in [1.82, 2.24) is 5.32 Å². The third-order valence-corrected chi connectivity index (χ3v) is 3.97. The van der Waals surface area contributed by atoms with E-state index in [0.29, 0.717) is 0 Å². The van der Waals surface area contributed by atoms with Gasteiger partial charge >= 0.3 is 6.36 Å². The van der Waals surface area contributed by atoms with E-state index in [1.807, 2.05) is 6.07 Å². The second-order valence-corrected chi connectivity index (χ2v) is 5.25. The van der Waals surface area contributed by atoms with Gasteiger partial charge in [-0.2, -0.15) is 0 Å². The second kappa shape index (κ2) is 6.04. The predicted molar refractivity (Wildman–Crippen MR) is 71.6 cm³/mol. The van der Waals surface area contributed by atoms with Crippen LogP contribution in [0.1, 0.15) is 44.6 Å². The summed E-state index contributed by atoms with van der Waals surface area (Å²) in [5, 5.41) is 3.51. The first-order valence-corrected chi connectivity index (χ1v) is 7.06. The van der Waals surface area contributed by atoms with Crippen molar-refractivity contribution in [3.05, 3.63) is 29.8 Å². The first kappa shape index (κ1) is 15.2. The molecule has 1 saturated heterocycles. The summed E-state index contributed by atoms with van der Waals surface area (Å²) < 4.78 is 41.0. The van der Waals surface area contributed by atoms with Crippen LogP contribution in [0.3, 0.4) is 0 Å². The van der Waals surface area contributed by atoms with Crippen LogP contribution in [-0.4, -0.2) is 12.9 Å². The van der Waals surface area contributed by atoms with Gasteiger partial charge in [0.25, 0.3) is 0 Å². The smallest absolute Gasteiger partial charge is 0.406 e. The summed E-state index contributed by atoms with van der Waals surface area (Å²) in [5.41, 5.74) is 0.644. The summed E-state index contributed by atoms with van der Waals surface area (Å²) in [4.78, 5) is 0. The molecule has 112 valence electrons. The fraction of sp³-hybridized carbons (Fsp3) is 0.600. The van der Waals surface area contributed by atoms with E-state index in [1.54, 1.807) is 6.07 Å². The molecule has 1 atom stereocenters. The zero-order valence-electron chi connectivity index (χ0n) is 11.6. The summed E-state index contributed by atoms with van der Waals surface area (Å²) in [6.07, 6.45) is 0.509. The number of nitrogens with one attached hydrogen (secondary N) is 1. The molecule has 0 bridgehead atoms. The Kier molecular flexibility index (Phi) is 4.58. The van der Waals surface area contributed by atoms with Crippen LogP contribution in [0.25, 0.3) is 0 Å². The summed E-state index contributed by atoms with van der Waals surface area (Å²) in [6, 6.07) is 6.36. The minimum absolute atomic E-state index is 0.145. The van der Waals surface area contributed by atoms with Gasteiger partial charge < -0.3 is 10.1 Å². The highest BCUT2D eigenvalue weighted by Crippen LogP contribution is 2.35. The minimum Gasteiger partial charge on any atom is -0.406 e. The lowest BCUT2D eigenvalue weighted by Gasteiger charge is -2.33. The molecule has 1 fully saturated rings. The standard InChI is InChI=1S/C15H20F3NO/c1-2-14(9-4-3-5-10-19-14)12-7-6-8-13(11-12)20-15(16,17)18/h6-8,11,19H,2-5,9-10H2,1H3. The van der Waals surface area contributed by atoms with Crippen LogP contribution in [0.5, 0.6) is 5.75 Å². The molecule has 0 radical (unpaired) electrons. The number of benzene rings is 1. The zero-order chi connectivity index (χ0) is 14.6. The number of ether oxygens (including phenoxy) is 1. The van der Waals surface area contributed by atoms with Crippen LogP contribution in [0.4, 0.5) is 13.2 Å². The molecule has 5 heteroatoms. The van der Waals surface area contributed by atoms with Crippen molar-refractivity contribution >= 4 is 0 Å². The SMILES string of the molecule is CCC1(c2cccc(OC(F)(F)F)c2)CCCCCN1. The lowest BCUT2D eigenvalue weighted by atomic mass is 9.83. The molecule has 1 N–H and O–H groups in total. The molecule has 1 aromatic rings. The largest absolute Gasteiger partial charge is 0.573 e. The highest BCUT2D eigenvalue weighted by atomic mass is 19.4. The van der Waals surface area contributed by atoms with Crippen LogP contribution in [0, 0.1) is 0 Å². The van der Waals surface area contributed by atoms with E-state index in [4.69, 9.17) is 0 Å². The Morgan fingerprint density at radius 2 is 2.05 bits per heavy atom.